The van der Waals surface area contributed by atoms with E-state index in [0.29, 0.717) is 11.4 Å². The minimum Gasteiger partial charge on any atom is -0.496 e. The Morgan fingerprint density at radius 1 is 1.10 bits per heavy atom. The largest absolute Gasteiger partial charge is 0.496 e. The summed E-state index contributed by atoms with van der Waals surface area (Å²) in [4.78, 5) is 15.1. The van der Waals surface area contributed by atoms with Crippen LogP contribution in [0.3, 0.4) is 0 Å². The monoisotopic (exact) mass is 436 g/mol. The summed E-state index contributed by atoms with van der Waals surface area (Å²) in [6, 6.07) is 17.5. The fraction of sp³-hybridized carbons (Fsp3) is 0.375. The Hall–Kier alpha value is -2.77. The van der Waals surface area contributed by atoms with Gasteiger partial charge in [0, 0.05) is 31.1 Å². The molecule has 0 unspecified atom stereocenters. The number of nitrogens with zero attached hydrogens (tertiary/aromatic N) is 4. The van der Waals surface area contributed by atoms with E-state index in [1.807, 2.05) is 63.8 Å². The maximum atomic E-state index is 12.8. The number of methoxy groups -OCH3 is 1. The number of carbonyl (C=O) groups is 1. The minimum atomic E-state index is 0.0870. The number of ether oxygens (including phenoxy) is 1. The van der Waals surface area contributed by atoms with Gasteiger partial charge >= 0.3 is 0 Å². The molecule has 0 N–H and O–H groups in total. The molecule has 2 heterocycles. The summed E-state index contributed by atoms with van der Waals surface area (Å²) >= 11 is 5.73. The van der Waals surface area contributed by atoms with Gasteiger partial charge in [-0.1, -0.05) is 42.5 Å². The number of carbonyl (C=O) groups excluding carboxylic acids is 1. The van der Waals surface area contributed by atoms with Crippen LogP contribution in [0.1, 0.15) is 30.1 Å². The highest BCUT2D eigenvalue weighted by Gasteiger charge is 2.26. The SMILES string of the molecule is CCn1c(-c2ccccc2OC)nn(CN2CCC(C(=O)c3ccccc3)CC2)c1=S. The van der Waals surface area contributed by atoms with Crippen molar-refractivity contribution in [1.82, 2.24) is 19.2 Å². The van der Waals surface area contributed by atoms with Crippen molar-refractivity contribution >= 4 is 18.0 Å². The van der Waals surface area contributed by atoms with E-state index in [1.54, 1.807) is 7.11 Å². The lowest BCUT2D eigenvalue weighted by molar-refractivity contribution is 0.0803. The molecule has 1 saturated heterocycles. The molecule has 31 heavy (non-hydrogen) atoms. The highest BCUT2D eigenvalue weighted by atomic mass is 32.1. The molecule has 0 saturated carbocycles. The lowest BCUT2D eigenvalue weighted by atomic mass is 9.89. The Balaban J connectivity index is 1.48. The van der Waals surface area contributed by atoms with Gasteiger partial charge in [0.1, 0.15) is 5.75 Å². The predicted molar refractivity (Wildman–Crippen MR) is 124 cm³/mol. The van der Waals surface area contributed by atoms with Crippen molar-refractivity contribution in [1.29, 1.82) is 0 Å². The molecule has 1 aliphatic heterocycles. The van der Waals surface area contributed by atoms with Crippen molar-refractivity contribution in [2.45, 2.75) is 33.0 Å². The zero-order valence-electron chi connectivity index (χ0n) is 18.0. The average Bonchev–Trinajstić information content (AvgIpc) is 3.14. The van der Waals surface area contributed by atoms with Gasteiger partial charge in [-0.2, -0.15) is 5.10 Å². The molecule has 3 aromatic rings. The number of likely N-dealkylation sites (tertiary alicyclic amines) is 1. The van der Waals surface area contributed by atoms with Gasteiger partial charge in [-0.05, 0) is 44.1 Å². The van der Waals surface area contributed by atoms with E-state index in [-0.39, 0.29) is 11.7 Å². The zero-order chi connectivity index (χ0) is 21.8. The Morgan fingerprint density at radius 2 is 1.77 bits per heavy atom. The van der Waals surface area contributed by atoms with Crippen molar-refractivity contribution in [2.75, 3.05) is 20.2 Å². The fourth-order valence-electron chi connectivity index (χ4n) is 4.21. The summed E-state index contributed by atoms with van der Waals surface area (Å²) in [6.45, 7) is 5.14. The highest BCUT2D eigenvalue weighted by Crippen LogP contribution is 2.29. The van der Waals surface area contributed by atoms with Gasteiger partial charge in [-0.15, -0.1) is 0 Å². The smallest absolute Gasteiger partial charge is 0.199 e. The molecule has 1 fully saturated rings. The van der Waals surface area contributed by atoms with Gasteiger partial charge < -0.3 is 9.30 Å². The first kappa shape index (κ1) is 21.5. The van der Waals surface area contributed by atoms with Gasteiger partial charge in [-0.25, -0.2) is 4.68 Å². The molecule has 1 aromatic heterocycles. The predicted octanol–water partition coefficient (Wildman–Crippen LogP) is 4.66. The summed E-state index contributed by atoms with van der Waals surface area (Å²) in [6.07, 6.45) is 1.71. The van der Waals surface area contributed by atoms with Crippen LogP contribution < -0.4 is 4.74 Å². The average molecular weight is 437 g/mol. The van der Waals surface area contributed by atoms with Crippen molar-refractivity contribution in [3.63, 3.8) is 0 Å². The van der Waals surface area contributed by atoms with Crippen LogP contribution in [-0.4, -0.2) is 45.2 Å². The van der Waals surface area contributed by atoms with Gasteiger partial charge in [0.05, 0.1) is 19.3 Å². The Kier molecular flexibility index (Phi) is 6.63. The first-order valence-corrected chi connectivity index (χ1v) is 11.2. The lowest BCUT2D eigenvalue weighted by Gasteiger charge is -2.30. The van der Waals surface area contributed by atoms with E-state index in [0.717, 1.165) is 55.2 Å². The summed E-state index contributed by atoms with van der Waals surface area (Å²) in [5, 5.41) is 4.84. The molecule has 6 nitrogen and oxygen atoms in total. The number of benzene rings is 2. The number of Topliss-reactive ketones (excluding diaryl/α,β-unsaturated/α-hetero) is 1. The molecule has 0 spiro atoms. The van der Waals surface area contributed by atoms with Crippen LogP contribution in [0.15, 0.2) is 54.6 Å². The summed E-state index contributed by atoms with van der Waals surface area (Å²) in [5.41, 5.74) is 1.75. The number of hydrogen-bond acceptors (Lipinski definition) is 5. The molecule has 2 aromatic carbocycles. The first-order chi connectivity index (χ1) is 15.1. The molecule has 0 bridgehead atoms. The standard InChI is InChI=1S/C24H28N4O2S/c1-3-27-23(20-11-7-8-12-21(20)30-2)25-28(24(27)31)17-26-15-13-19(14-16-26)22(29)18-9-5-4-6-10-18/h4-12,19H,3,13-17H2,1-2H3. The van der Waals surface area contributed by atoms with Crippen molar-refractivity contribution in [2.24, 2.45) is 5.92 Å². The van der Waals surface area contributed by atoms with Gasteiger partial charge in [0.25, 0.3) is 0 Å². The molecule has 4 rings (SSSR count). The van der Waals surface area contributed by atoms with Gasteiger partial charge in [0.2, 0.25) is 0 Å². The lowest BCUT2D eigenvalue weighted by Crippen LogP contribution is -2.37. The molecule has 0 aliphatic carbocycles. The van der Waals surface area contributed by atoms with Crippen molar-refractivity contribution in [3.8, 4) is 17.1 Å². The van der Waals surface area contributed by atoms with E-state index >= 15 is 0 Å². The Labute approximate surface area is 188 Å². The third-order valence-corrected chi connectivity index (χ3v) is 6.37. The summed E-state index contributed by atoms with van der Waals surface area (Å²) < 4.78 is 10.2. The van der Waals surface area contributed by atoms with E-state index in [4.69, 9.17) is 22.1 Å². The summed E-state index contributed by atoms with van der Waals surface area (Å²) in [5.74, 6) is 1.94. The van der Waals surface area contributed by atoms with Crippen LogP contribution in [0.5, 0.6) is 5.75 Å². The van der Waals surface area contributed by atoms with E-state index in [2.05, 4.69) is 11.8 Å². The molecular formula is C24H28N4O2S. The third-order valence-electron chi connectivity index (χ3n) is 5.94. The normalized spacial score (nSPS) is 15.2. The van der Waals surface area contributed by atoms with Gasteiger partial charge in [0.15, 0.2) is 16.4 Å². The number of ketones is 1. The number of para-hydroxylation sites is 1. The third kappa shape index (κ3) is 4.48. The maximum absolute atomic E-state index is 12.8. The minimum absolute atomic E-state index is 0.0870. The second-order valence-corrected chi connectivity index (χ2v) is 8.18. The number of hydrogen-bond donors (Lipinski definition) is 0. The fourth-order valence-corrected chi connectivity index (χ4v) is 4.53. The summed E-state index contributed by atoms with van der Waals surface area (Å²) in [7, 11) is 1.67. The van der Waals surface area contributed by atoms with Crippen LogP contribution in [0.25, 0.3) is 11.4 Å². The molecule has 0 atom stereocenters. The quantitative estimate of drug-likeness (QED) is 0.398. The Bertz CT molecular complexity index is 1100. The second kappa shape index (κ2) is 9.58. The van der Waals surface area contributed by atoms with Crippen LogP contribution in [0, 0.1) is 10.7 Å². The topological polar surface area (TPSA) is 52.3 Å². The van der Waals surface area contributed by atoms with E-state index < -0.39 is 0 Å². The molecule has 7 heteroatoms. The van der Waals surface area contributed by atoms with Crippen molar-refractivity contribution in [3.05, 3.63) is 64.9 Å². The molecular weight excluding hydrogens is 408 g/mol. The van der Waals surface area contributed by atoms with Gasteiger partial charge in [-0.3, -0.25) is 9.69 Å². The van der Waals surface area contributed by atoms with Crippen LogP contribution in [0.2, 0.25) is 0 Å². The Morgan fingerprint density at radius 3 is 2.45 bits per heavy atom. The zero-order valence-corrected chi connectivity index (χ0v) is 18.8. The van der Waals surface area contributed by atoms with Crippen LogP contribution in [-0.2, 0) is 13.2 Å². The molecule has 1 aliphatic rings. The number of rotatable bonds is 7. The van der Waals surface area contributed by atoms with E-state index in [1.165, 1.54) is 0 Å². The molecule has 162 valence electrons. The molecule has 0 radical (unpaired) electrons. The van der Waals surface area contributed by atoms with Crippen LogP contribution >= 0.6 is 12.2 Å². The second-order valence-electron chi connectivity index (χ2n) is 7.81. The van der Waals surface area contributed by atoms with E-state index in [9.17, 15) is 4.79 Å². The maximum Gasteiger partial charge on any atom is 0.199 e. The highest BCUT2D eigenvalue weighted by molar-refractivity contribution is 7.71. The molecule has 0 amide bonds. The number of aromatic nitrogens is 3. The first-order valence-electron chi connectivity index (χ1n) is 10.7. The van der Waals surface area contributed by atoms with Crippen molar-refractivity contribution < 1.29 is 9.53 Å². The number of piperidine rings is 1. The van der Waals surface area contributed by atoms with Crippen LogP contribution in [0.4, 0.5) is 0 Å².